The van der Waals surface area contributed by atoms with Gasteiger partial charge in [0.2, 0.25) is 5.91 Å². The number of amides is 1. The van der Waals surface area contributed by atoms with Crippen LogP contribution in [-0.2, 0) is 9.53 Å². The Labute approximate surface area is 104 Å². The third-order valence-corrected chi connectivity index (χ3v) is 2.79. The molecule has 1 heterocycles. The Morgan fingerprint density at radius 2 is 2.29 bits per heavy atom. The van der Waals surface area contributed by atoms with Crippen molar-refractivity contribution in [2.75, 3.05) is 46.9 Å². The van der Waals surface area contributed by atoms with Crippen LogP contribution in [0.15, 0.2) is 0 Å². The first-order valence-corrected chi connectivity index (χ1v) is 6.42. The highest BCUT2D eigenvalue weighted by Crippen LogP contribution is 2.10. The van der Waals surface area contributed by atoms with E-state index in [1.54, 1.807) is 0 Å². The third-order valence-electron chi connectivity index (χ3n) is 2.79. The van der Waals surface area contributed by atoms with E-state index >= 15 is 0 Å². The summed E-state index contributed by atoms with van der Waals surface area (Å²) in [5, 5.41) is 6.02. The summed E-state index contributed by atoms with van der Waals surface area (Å²) in [4.78, 5) is 13.5. The molecular weight excluding hydrogens is 218 g/mol. The molecule has 1 rings (SSSR count). The maximum Gasteiger partial charge on any atom is 0.233 e. The molecule has 0 aliphatic carbocycles. The van der Waals surface area contributed by atoms with E-state index in [1.807, 2.05) is 14.1 Å². The molecule has 5 heteroatoms. The van der Waals surface area contributed by atoms with E-state index in [0.717, 1.165) is 45.5 Å². The van der Waals surface area contributed by atoms with Gasteiger partial charge >= 0.3 is 0 Å². The highest BCUT2D eigenvalue weighted by atomic mass is 16.5. The number of hydrogen-bond donors (Lipinski definition) is 2. The van der Waals surface area contributed by atoms with Gasteiger partial charge < -0.3 is 20.3 Å². The van der Waals surface area contributed by atoms with Gasteiger partial charge in [-0.05, 0) is 39.9 Å². The fourth-order valence-electron chi connectivity index (χ4n) is 1.84. The zero-order valence-electron chi connectivity index (χ0n) is 11.0. The number of hydrogen-bond acceptors (Lipinski definition) is 4. The second-order valence-corrected chi connectivity index (χ2v) is 4.77. The van der Waals surface area contributed by atoms with Crippen LogP contribution in [0.4, 0.5) is 0 Å². The van der Waals surface area contributed by atoms with E-state index < -0.39 is 0 Å². The predicted molar refractivity (Wildman–Crippen MR) is 68.0 cm³/mol. The molecule has 1 unspecified atom stereocenters. The largest absolute Gasteiger partial charge is 0.377 e. The highest BCUT2D eigenvalue weighted by Gasteiger charge is 2.14. The van der Waals surface area contributed by atoms with Crippen molar-refractivity contribution < 1.29 is 9.53 Å². The van der Waals surface area contributed by atoms with Gasteiger partial charge in [-0.25, -0.2) is 0 Å². The lowest BCUT2D eigenvalue weighted by atomic mass is 10.2. The lowest BCUT2D eigenvalue weighted by Gasteiger charge is -2.12. The van der Waals surface area contributed by atoms with Crippen LogP contribution < -0.4 is 10.6 Å². The van der Waals surface area contributed by atoms with Crippen molar-refractivity contribution >= 4 is 5.91 Å². The van der Waals surface area contributed by atoms with Crippen molar-refractivity contribution in [1.29, 1.82) is 0 Å². The summed E-state index contributed by atoms with van der Waals surface area (Å²) in [5.74, 6) is 0.0711. The minimum Gasteiger partial charge on any atom is -0.377 e. The summed E-state index contributed by atoms with van der Waals surface area (Å²) in [7, 11) is 4.07. The van der Waals surface area contributed by atoms with E-state index in [4.69, 9.17) is 4.74 Å². The van der Waals surface area contributed by atoms with Gasteiger partial charge in [0, 0.05) is 19.7 Å². The molecule has 1 atom stereocenters. The second-order valence-electron chi connectivity index (χ2n) is 4.77. The Morgan fingerprint density at radius 3 is 2.94 bits per heavy atom. The van der Waals surface area contributed by atoms with Crippen molar-refractivity contribution in [3.05, 3.63) is 0 Å². The van der Waals surface area contributed by atoms with Crippen LogP contribution in [0.1, 0.15) is 19.3 Å². The molecule has 0 saturated carbocycles. The summed E-state index contributed by atoms with van der Waals surface area (Å²) >= 11 is 0. The molecule has 5 nitrogen and oxygen atoms in total. The van der Waals surface area contributed by atoms with Crippen molar-refractivity contribution in [2.45, 2.75) is 25.4 Å². The summed E-state index contributed by atoms with van der Waals surface area (Å²) in [6.45, 7) is 3.79. The molecule has 0 radical (unpaired) electrons. The van der Waals surface area contributed by atoms with Gasteiger partial charge in [-0.15, -0.1) is 0 Å². The Bertz CT molecular complexity index is 216. The molecule has 1 aliphatic rings. The number of carbonyl (C=O) groups excluding carboxylic acids is 1. The second kappa shape index (κ2) is 8.44. The predicted octanol–water partition coefficient (Wildman–Crippen LogP) is -0.177. The van der Waals surface area contributed by atoms with E-state index in [-0.39, 0.29) is 5.91 Å². The molecule has 1 saturated heterocycles. The standard InChI is InChI=1S/C12H25N3O2/c1-15(2)7-4-6-14-12(16)10-13-9-11-5-3-8-17-11/h11,13H,3-10H2,1-2H3,(H,14,16). The summed E-state index contributed by atoms with van der Waals surface area (Å²) in [6, 6.07) is 0. The van der Waals surface area contributed by atoms with Gasteiger partial charge in [-0.3, -0.25) is 4.79 Å². The molecule has 0 aromatic heterocycles. The first kappa shape index (κ1) is 14.4. The van der Waals surface area contributed by atoms with Gasteiger partial charge in [0.1, 0.15) is 0 Å². The lowest BCUT2D eigenvalue weighted by molar-refractivity contribution is -0.120. The normalized spacial score (nSPS) is 19.8. The van der Waals surface area contributed by atoms with Crippen LogP contribution in [0.2, 0.25) is 0 Å². The van der Waals surface area contributed by atoms with Crippen LogP contribution in [0.5, 0.6) is 0 Å². The maximum atomic E-state index is 11.4. The molecule has 17 heavy (non-hydrogen) atoms. The number of nitrogens with zero attached hydrogens (tertiary/aromatic N) is 1. The van der Waals surface area contributed by atoms with Gasteiger partial charge in [0.05, 0.1) is 12.6 Å². The van der Waals surface area contributed by atoms with E-state index in [2.05, 4.69) is 15.5 Å². The van der Waals surface area contributed by atoms with Crippen molar-refractivity contribution in [2.24, 2.45) is 0 Å². The monoisotopic (exact) mass is 243 g/mol. The fraction of sp³-hybridized carbons (Fsp3) is 0.917. The molecule has 0 spiro atoms. The topological polar surface area (TPSA) is 53.6 Å². The number of carbonyl (C=O) groups is 1. The minimum absolute atomic E-state index is 0.0711. The average Bonchev–Trinajstić information content (AvgIpc) is 2.77. The molecule has 2 N–H and O–H groups in total. The van der Waals surface area contributed by atoms with Crippen LogP contribution >= 0.6 is 0 Å². The van der Waals surface area contributed by atoms with Gasteiger partial charge in [0.15, 0.2) is 0 Å². The third kappa shape index (κ3) is 7.31. The molecule has 1 amide bonds. The van der Waals surface area contributed by atoms with Crippen LogP contribution in [0.25, 0.3) is 0 Å². The minimum atomic E-state index is 0.0711. The number of rotatable bonds is 8. The first-order chi connectivity index (χ1) is 8.18. The molecule has 0 aromatic carbocycles. The van der Waals surface area contributed by atoms with Gasteiger partial charge in [0.25, 0.3) is 0 Å². The summed E-state index contributed by atoms with van der Waals surface area (Å²) < 4.78 is 5.46. The van der Waals surface area contributed by atoms with E-state index in [1.165, 1.54) is 0 Å². The highest BCUT2D eigenvalue weighted by molar-refractivity contribution is 5.77. The zero-order chi connectivity index (χ0) is 12.5. The van der Waals surface area contributed by atoms with Crippen LogP contribution in [0, 0.1) is 0 Å². The van der Waals surface area contributed by atoms with Gasteiger partial charge in [-0.2, -0.15) is 0 Å². The van der Waals surface area contributed by atoms with Crippen molar-refractivity contribution in [3.63, 3.8) is 0 Å². The quantitative estimate of drug-likeness (QED) is 0.581. The summed E-state index contributed by atoms with van der Waals surface area (Å²) in [6.07, 6.45) is 3.54. The molecule has 1 aliphatic heterocycles. The molecular formula is C12H25N3O2. The van der Waals surface area contributed by atoms with Gasteiger partial charge in [-0.1, -0.05) is 0 Å². The molecule has 1 fully saturated rings. The maximum absolute atomic E-state index is 11.4. The Morgan fingerprint density at radius 1 is 1.47 bits per heavy atom. The molecule has 100 valence electrons. The average molecular weight is 243 g/mol. The van der Waals surface area contributed by atoms with E-state index in [0.29, 0.717) is 12.6 Å². The van der Waals surface area contributed by atoms with E-state index in [9.17, 15) is 4.79 Å². The molecule has 0 aromatic rings. The van der Waals surface area contributed by atoms with Crippen LogP contribution in [-0.4, -0.2) is 63.8 Å². The van der Waals surface area contributed by atoms with Crippen molar-refractivity contribution in [1.82, 2.24) is 15.5 Å². The SMILES string of the molecule is CN(C)CCCNC(=O)CNCC1CCCO1. The molecule has 0 bridgehead atoms. The Balaban J connectivity index is 1.90. The smallest absolute Gasteiger partial charge is 0.233 e. The Kier molecular flexibility index (Phi) is 7.16. The Hall–Kier alpha value is -0.650. The lowest BCUT2D eigenvalue weighted by Crippen LogP contribution is -2.38. The zero-order valence-corrected chi connectivity index (χ0v) is 11.0. The first-order valence-electron chi connectivity index (χ1n) is 6.42. The summed E-state index contributed by atoms with van der Waals surface area (Å²) in [5.41, 5.74) is 0. The number of ether oxygens (including phenoxy) is 1. The van der Waals surface area contributed by atoms with Crippen molar-refractivity contribution in [3.8, 4) is 0 Å². The number of nitrogens with one attached hydrogen (secondary N) is 2. The fourth-order valence-corrected chi connectivity index (χ4v) is 1.84. The van der Waals surface area contributed by atoms with Crippen LogP contribution in [0.3, 0.4) is 0 Å².